The molecule has 0 radical (unpaired) electrons. The molecule has 1 heterocycles. The monoisotopic (exact) mass is 926 g/mol. The van der Waals surface area contributed by atoms with Crippen LogP contribution in [0.5, 0.6) is 0 Å². The van der Waals surface area contributed by atoms with Crippen molar-refractivity contribution in [2.24, 2.45) is 23.7 Å². The van der Waals surface area contributed by atoms with Crippen LogP contribution in [0.1, 0.15) is 162 Å². The van der Waals surface area contributed by atoms with E-state index in [1.807, 2.05) is 32.9 Å². The first kappa shape index (κ1) is 56.5. The molecule has 0 amide bonds. The summed E-state index contributed by atoms with van der Waals surface area (Å²) in [5.74, 6) is 0.351. The lowest BCUT2D eigenvalue weighted by Crippen LogP contribution is -2.50. The standard InChI is InChI=1S/C49H99NO7Si4/c1-35(29-31-49(52)34-38(49)36(2)40(55-59(21,22)46(10,11)12)30-33-53-58(19,20)45(7,8)9)41(56-60(23,24)47(13,14)15)37(3)42(57-61(25,26)48(16,17)18)39-28-27-32-50(39)43(51)54-44(4,5)6/h27-28,32,35-38,40-42,52H,29-31,33-34H2,1-26H3/t35-,36-,37+,38?,40-,41+,42-,49?/m0/s1. The van der Waals surface area contributed by atoms with Gasteiger partial charge in [-0.2, -0.15) is 0 Å². The second-order valence-electron chi connectivity index (χ2n) is 26.4. The van der Waals surface area contributed by atoms with Crippen LogP contribution in [0.3, 0.4) is 0 Å². The van der Waals surface area contributed by atoms with Crippen molar-refractivity contribution >= 4 is 39.4 Å². The van der Waals surface area contributed by atoms with Crippen LogP contribution in [-0.2, 0) is 22.4 Å². The van der Waals surface area contributed by atoms with Crippen molar-refractivity contribution in [3.63, 3.8) is 0 Å². The molecule has 1 aliphatic rings. The van der Waals surface area contributed by atoms with Crippen molar-refractivity contribution in [3.8, 4) is 0 Å². The van der Waals surface area contributed by atoms with Gasteiger partial charge in [-0.05, 0) is 149 Å². The summed E-state index contributed by atoms with van der Waals surface area (Å²) in [5, 5.41) is 12.5. The number of ether oxygens (including phenoxy) is 1. The van der Waals surface area contributed by atoms with E-state index in [1.165, 1.54) is 0 Å². The molecule has 358 valence electrons. The molecule has 0 aromatic carbocycles. The number of aromatic nitrogens is 1. The van der Waals surface area contributed by atoms with E-state index < -0.39 is 56.7 Å². The van der Waals surface area contributed by atoms with Crippen LogP contribution >= 0.6 is 0 Å². The molecule has 8 atom stereocenters. The van der Waals surface area contributed by atoms with Gasteiger partial charge in [0.1, 0.15) is 5.60 Å². The largest absolute Gasteiger partial charge is 0.443 e. The molecule has 1 saturated carbocycles. The summed E-state index contributed by atoms with van der Waals surface area (Å²) < 4.78 is 36.4. The van der Waals surface area contributed by atoms with E-state index in [2.05, 4.69) is 156 Å². The molecule has 2 unspecified atom stereocenters. The molecule has 12 heteroatoms. The SMILES string of the molecule is C[C@H]([C@H](O[Si](C)(C)C(C)(C)C)[C@@H](C)CCC1(O)CC1[C@H](C)[C@H](CCO[Si](C)(C)C(C)(C)C)O[Si](C)(C)C(C)(C)C)[C@H](O[Si](C)(C)C(C)(C)C)c1cccn1C(=O)OC(C)(C)C. The quantitative estimate of drug-likeness (QED) is 0.138. The van der Waals surface area contributed by atoms with Gasteiger partial charge in [-0.25, -0.2) is 4.79 Å². The lowest BCUT2D eigenvalue weighted by atomic mass is 9.84. The highest BCUT2D eigenvalue weighted by molar-refractivity contribution is 6.75. The molecule has 1 aromatic rings. The predicted molar refractivity (Wildman–Crippen MR) is 269 cm³/mol. The van der Waals surface area contributed by atoms with Gasteiger partial charge in [0.15, 0.2) is 33.3 Å². The zero-order chi connectivity index (χ0) is 48.0. The third-order valence-corrected chi connectivity index (χ3v) is 33.9. The van der Waals surface area contributed by atoms with Crippen LogP contribution in [0.15, 0.2) is 18.3 Å². The van der Waals surface area contributed by atoms with E-state index in [-0.39, 0.29) is 56.0 Å². The average molecular weight is 927 g/mol. The second-order valence-corrected chi connectivity index (χ2v) is 45.5. The molecule has 0 saturated heterocycles. The predicted octanol–water partition coefficient (Wildman–Crippen LogP) is 15.0. The summed E-state index contributed by atoms with van der Waals surface area (Å²) in [6.07, 6.45) is 3.94. The third kappa shape index (κ3) is 14.7. The van der Waals surface area contributed by atoms with Crippen molar-refractivity contribution in [1.29, 1.82) is 0 Å². The number of nitrogens with zero attached hydrogens (tertiary/aromatic N) is 1. The maximum atomic E-state index is 13.7. The first-order chi connectivity index (χ1) is 26.9. The smallest absolute Gasteiger partial charge is 0.418 e. The van der Waals surface area contributed by atoms with Crippen molar-refractivity contribution < 1.29 is 32.3 Å². The summed E-state index contributed by atoms with van der Waals surface area (Å²) in [6.45, 7) is 59.3. The number of carbonyl (C=O) groups is 1. The van der Waals surface area contributed by atoms with Crippen LogP contribution in [-0.4, -0.2) is 79.1 Å². The Balaban J connectivity index is 2.54. The molecule has 2 rings (SSSR count). The summed E-state index contributed by atoms with van der Waals surface area (Å²) in [6, 6.07) is 3.94. The van der Waals surface area contributed by atoms with Gasteiger partial charge < -0.3 is 27.5 Å². The first-order valence-electron chi connectivity index (χ1n) is 23.7. The Bertz CT molecular complexity index is 1570. The fourth-order valence-corrected chi connectivity index (χ4v) is 12.6. The Morgan fingerprint density at radius 1 is 0.721 bits per heavy atom. The molecule has 1 aliphatic carbocycles. The average Bonchev–Trinajstić information content (AvgIpc) is 3.47. The zero-order valence-corrected chi connectivity index (χ0v) is 48.7. The van der Waals surface area contributed by atoms with Gasteiger partial charge in [-0.3, -0.25) is 4.57 Å². The fraction of sp³-hybridized carbons (Fsp3) is 0.898. The Hall–Kier alpha value is -0.582. The molecular weight excluding hydrogens is 827 g/mol. The van der Waals surface area contributed by atoms with Crippen molar-refractivity contribution in [3.05, 3.63) is 24.0 Å². The minimum Gasteiger partial charge on any atom is -0.443 e. The van der Waals surface area contributed by atoms with Crippen LogP contribution in [0.25, 0.3) is 0 Å². The Morgan fingerprint density at radius 3 is 1.64 bits per heavy atom. The Kier molecular flexibility index (Phi) is 17.9. The van der Waals surface area contributed by atoms with Gasteiger partial charge in [0.2, 0.25) is 0 Å². The van der Waals surface area contributed by atoms with Crippen molar-refractivity contribution in [2.45, 2.75) is 252 Å². The number of carbonyl (C=O) groups excluding carboxylic acids is 1. The van der Waals surface area contributed by atoms with E-state index in [4.69, 9.17) is 22.4 Å². The lowest BCUT2D eigenvalue weighted by Gasteiger charge is -2.47. The highest BCUT2D eigenvalue weighted by Gasteiger charge is 2.57. The lowest BCUT2D eigenvalue weighted by molar-refractivity contribution is -0.00658. The molecule has 0 bridgehead atoms. The summed E-state index contributed by atoms with van der Waals surface area (Å²) in [4.78, 5) is 13.7. The van der Waals surface area contributed by atoms with Crippen LogP contribution in [0.4, 0.5) is 4.79 Å². The van der Waals surface area contributed by atoms with Crippen LogP contribution in [0.2, 0.25) is 72.5 Å². The maximum absolute atomic E-state index is 13.7. The maximum Gasteiger partial charge on any atom is 0.418 e. The van der Waals surface area contributed by atoms with Gasteiger partial charge in [-0.1, -0.05) is 104 Å². The molecule has 61 heavy (non-hydrogen) atoms. The second kappa shape index (κ2) is 19.3. The van der Waals surface area contributed by atoms with Crippen LogP contribution < -0.4 is 0 Å². The van der Waals surface area contributed by atoms with Gasteiger partial charge in [0.05, 0.1) is 29.6 Å². The summed E-state index contributed by atoms with van der Waals surface area (Å²) >= 11 is 0. The molecule has 0 aliphatic heterocycles. The van der Waals surface area contributed by atoms with E-state index in [1.54, 1.807) is 10.8 Å². The normalized spacial score (nSPS) is 22.0. The van der Waals surface area contributed by atoms with E-state index in [0.717, 1.165) is 25.0 Å². The topological polar surface area (TPSA) is 88.4 Å². The van der Waals surface area contributed by atoms with E-state index in [0.29, 0.717) is 13.0 Å². The highest BCUT2D eigenvalue weighted by atomic mass is 28.4. The molecule has 1 aromatic heterocycles. The van der Waals surface area contributed by atoms with Gasteiger partial charge in [0.25, 0.3) is 0 Å². The molecule has 1 N–H and O–H groups in total. The van der Waals surface area contributed by atoms with Crippen LogP contribution in [0, 0.1) is 23.7 Å². The number of aliphatic hydroxyl groups is 1. The summed E-state index contributed by atoms with van der Waals surface area (Å²) in [7, 11) is -8.67. The Labute approximate surface area is 381 Å². The zero-order valence-electron chi connectivity index (χ0n) is 44.7. The summed E-state index contributed by atoms with van der Waals surface area (Å²) in [5.41, 5.74) is -0.602. The van der Waals surface area contributed by atoms with Gasteiger partial charge >= 0.3 is 6.09 Å². The number of rotatable bonds is 19. The highest BCUT2D eigenvalue weighted by Crippen LogP contribution is 2.55. The number of hydrogen-bond donors (Lipinski definition) is 1. The molecule has 1 fully saturated rings. The van der Waals surface area contributed by atoms with E-state index in [9.17, 15) is 9.90 Å². The Morgan fingerprint density at radius 2 is 1.18 bits per heavy atom. The number of hydrogen-bond acceptors (Lipinski definition) is 7. The minimum absolute atomic E-state index is 0.0140. The first-order valence-corrected chi connectivity index (χ1v) is 35.3. The molecule has 8 nitrogen and oxygen atoms in total. The van der Waals surface area contributed by atoms with Gasteiger partial charge in [-0.15, -0.1) is 0 Å². The third-order valence-electron chi connectivity index (χ3n) is 16.0. The molecule has 0 spiro atoms. The minimum atomic E-state index is -2.36. The van der Waals surface area contributed by atoms with Crippen molar-refractivity contribution in [2.75, 3.05) is 6.61 Å². The molecular formula is C49H99NO7Si4. The van der Waals surface area contributed by atoms with E-state index >= 15 is 0 Å². The van der Waals surface area contributed by atoms with Crippen molar-refractivity contribution in [1.82, 2.24) is 4.57 Å². The fourth-order valence-electron chi connectivity index (χ4n) is 7.28. The van der Waals surface area contributed by atoms with Gasteiger partial charge in [0, 0.05) is 18.7 Å².